The topological polar surface area (TPSA) is 43.1 Å². The van der Waals surface area contributed by atoms with Crippen LogP contribution in [0.15, 0.2) is 53.4 Å². The average Bonchev–Trinajstić information content (AvgIpc) is 2.39. The molecule has 0 saturated carbocycles. The fraction of sp³-hybridized carbons (Fsp3) is 0.0769. The van der Waals surface area contributed by atoms with Gasteiger partial charge >= 0.3 is 0 Å². The molecule has 17 heavy (non-hydrogen) atoms. The Bertz CT molecular complexity index is 537. The van der Waals surface area contributed by atoms with Crippen LogP contribution < -0.4 is 0 Å². The predicted octanol–water partition coefficient (Wildman–Crippen LogP) is 3.98. The van der Waals surface area contributed by atoms with E-state index in [4.69, 9.17) is 0 Å². The van der Waals surface area contributed by atoms with Gasteiger partial charge in [-0.1, -0.05) is 24.3 Å². The second-order valence-corrected chi connectivity index (χ2v) is 4.38. The number of benzene rings is 2. The Morgan fingerprint density at radius 3 is 2.29 bits per heavy atom. The first-order chi connectivity index (χ1) is 8.22. The summed E-state index contributed by atoms with van der Waals surface area (Å²) in [5, 5.41) is 10.9. The maximum atomic E-state index is 10.9. The molecule has 0 heterocycles. The van der Waals surface area contributed by atoms with E-state index in [1.54, 1.807) is 23.9 Å². The maximum absolute atomic E-state index is 10.9. The summed E-state index contributed by atoms with van der Waals surface area (Å²) in [5.41, 5.74) is 1.67. The van der Waals surface area contributed by atoms with E-state index in [1.165, 1.54) is 6.07 Å². The van der Waals surface area contributed by atoms with E-state index in [9.17, 15) is 10.1 Å². The van der Waals surface area contributed by atoms with Gasteiger partial charge in [0.05, 0.1) is 10.5 Å². The standard InChI is InChI=1S/C13H11NO2S/c1-17-11-8-6-10(7-9-11)12-4-2-3-5-13(12)14(15)16/h2-9H,1H3. The summed E-state index contributed by atoms with van der Waals surface area (Å²) in [6, 6.07) is 14.5. The highest BCUT2D eigenvalue weighted by molar-refractivity contribution is 7.98. The minimum atomic E-state index is -0.349. The highest BCUT2D eigenvalue weighted by atomic mass is 32.2. The summed E-state index contributed by atoms with van der Waals surface area (Å²) in [6.45, 7) is 0. The van der Waals surface area contributed by atoms with Crippen LogP contribution >= 0.6 is 11.8 Å². The SMILES string of the molecule is CSc1ccc(-c2ccccc2[N+](=O)[O-])cc1. The summed E-state index contributed by atoms with van der Waals surface area (Å²) in [4.78, 5) is 11.7. The molecule has 3 nitrogen and oxygen atoms in total. The monoisotopic (exact) mass is 245 g/mol. The van der Waals surface area contributed by atoms with Crippen LogP contribution in [0.3, 0.4) is 0 Å². The van der Waals surface area contributed by atoms with E-state index in [0.717, 1.165) is 10.5 Å². The van der Waals surface area contributed by atoms with Crippen molar-refractivity contribution in [2.24, 2.45) is 0 Å². The van der Waals surface area contributed by atoms with E-state index < -0.39 is 0 Å². The van der Waals surface area contributed by atoms with Gasteiger partial charge in [-0.25, -0.2) is 0 Å². The first kappa shape index (κ1) is 11.7. The van der Waals surface area contributed by atoms with Gasteiger partial charge in [0, 0.05) is 11.0 Å². The number of nitrogens with zero attached hydrogens (tertiary/aromatic N) is 1. The molecule has 2 aromatic carbocycles. The molecule has 0 atom stereocenters. The van der Waals surface area contributed by atoms with Gasteiger partial charge in [0.25, 0.3) is 5.69 Å². The van der Waals surface area contributed by atoms with E-state index in [2.05, 4.69) is 0 Å². The van der Waals surface area contributed by atoms with Crippen LogP contribution in [0.1, 0.15) is 0 Å². The second kappa shape index (κ2) is 5.01. The Balaban J connectivity index is 2.48. The lowest BCUT2D eigenvalue weighted by atomic mass is 10.0. The minimum Gasteiger partial charge on any atom is -0.258 e. The average molecular weight is 245 g/mol. The fourth-order valence-electron chi connectivity index (χ4n) is 1.65. The Labute approximate surface area is 104 Å². The summed E-state index contributed by atoms with van der Waals surface area (Å²) in [6.07, 6.45) is 2.00. The highest BCUT2D eigenvalue weighted by Crippen LogP contribution is 2.30. The summed E-state index contributed by atoms with van der Waals surface area (Å²) in [5.74, 6) is 0. The smallest absolute Gasteiger partial charge is 0.258 e. The van der Waals surface area contributed by atoms with E-state index in [0.29, 0.717) is 5.56 Å². The molecule has 0 aliphatic heterocycles. The predicted molar refractivity (Wildman–Crippen MR) is 70.3 cm³/mol. The zero-order chi connectivity index (χ0) is 12.3. The Kier molecular flexibility index (Phi) is 3.44. The molecule has 0 fully saturated rings. The first-order valence-corrected chi connectivity index (χ1v) is 6.32. The number of thioether (sulfide) groups is 1. The van der Waals surface area contributed by atoms with Crippen molar-refractivity contribution >= 4 is 17.4 Å². The van der Waals surface area contributed by atoms with Gasteiger partial charge < -0.3 is 0 Å². The van der Waals surface area contributed by atoms with Crippen LogP contribution in [0.4, 0.5) is 5.69 Å². The van der Waals surface area contributed by atoms with E-state index >= 15 is 0 Å². The third kappa shape index (κ3) is 2.47. The number of hydrogen-bond donors (Lipinski definition) is 0. The van der Waals surface area contributed by atoms with Crippen molar-refractivity contribution in [3.05, 3.63) is 58.6 Å². The van der Waals surface area contributed by atoms with Gasteiger partial charge in [-0.2, -0.15) is 0 Å². The lowest BCUT2D eigenvalue weighted by Crippen LogP contribution is -1.91. The first-order valence-electron chi connectivity index (χ1n) is 5.10. The van der Waals surface area contributed by atoms with Crippen molar-refractivity contribution in [1.29, 1.82) is 0 Å². The molecule has 4 heteroatoms. The molecule has 0 bridgehead atoms. The second-order valence-electron chi connectivity index (χ2n) is 3.50. The zero-order valence-electron chi connectivity index (χ0n) is 9.29. The molecular formula is C13H11NO2S. The van der Waals surface area contributed by atoms with Crippen LogP contribution in [0.2, 0.25) is 0 Å². The maximum Gasteiger partial charge on any atom is 0.277 e. The van der Waals surface area contributed by atoms with E-state index in [-0.39, 0.29) is 10.6 Å². The largest absolute Gasteiger partial charge is 0.277 e. The number of hydrogen-bond acceptors (Lipinski definition) is 3. The van der Waals surface area contributed by atoms with Crippen molar-refractivity contribution in [1.82, 2.24) is 0 Å². The van der Waals surface area contributed by atoms with Crippen LogP contribution in [0.5, 0.6) is 0 Å². The quantitative estimate of drug-likeness (QED) is 0.466. The number of nitro groups is 1. The lowest BCUT2D eigenvalue weighted by Gasteiger charge is -2.03. The van der Waals surface area contributed by atoms with Crippen molar-refractivity contribution in [2.45, 2.75) is 4.90 Å². The molecular weight excluding hydrogens is 234 g/mol. The zero-order valence-corrected chi connectivity index (χ0v) is 10.1. The fourth-order valence-corrected chi connectivity index (χ4v) is 2.06. The van der Waals surface area contributed by atoms with Gasteiger partial charge in [0.15, 0.2) is 0 Å². The molecule has 86 valence electrons. The number of rotatable bonds is 3. The molecule has 0 N–H and O–H groups in total. The van der Waals surface area contributed by atoms with Gasteiger partial charge in [-0.05, 0) is 30.0 Å². The van der Waals surface area contributed by atoms with Gasteiger partial charge in [0.2, 0.25) is 0 Å². The van der Waals surface area contributed by atoms with Crippen molar-refractivity contribution < 1.29 is 4.92 Å². The van der Waals surface area contributed by atoms with Gasteiger partial charge in [-0.3, -0.25) is 10.1 Å². The number of nitro benzene ring substituents is 1. The molecule has 0 amide bonds. The summed E-state index contributed by atoms with van der Waals surface area (Å²) >= 11 is 1.65. The van der Waals surface area contributed by atoms with Crippen molar-refractivity contribution in [3.8, 4) is 11.1 Å². The molecule has 0 saturated heterocycles. The molecule has 0 aliphatic rings. The van der Waals surface area contributed by atoms with Gasteiger partial charge in [0.1, 0.15) is 0 Å². The summed E-state index contributed by atoms with van der Waals surface area (Å²) in [7, 11) is 0. The normalized spacial score (nSPS) is 10.2. The highest BCUT2D eigenvalue weighted by Gasteiger charge is 2.13. The molecule has 0 aliphatic carbocycles. The van der Waals surface area contributed by atoms with Crippen LogP contribution in [0.25, 0.3) is 11.1 Å². The number of para-hydroxylation sites is 1. The molecule has 2 aromatic rings. The third-order valence-corrected chi connectivity index (χ3v) is 3.25. The molecule has 0 spiro atoms. The summed E-state index contributed by atoms with van der Waals surface area (Å²) < 4.78 is 0. The van der Waals surface area contributed by atoms with Crippen LogP contribution in [0, 0.1) is 10.1 Å². The lowest BCUT2D eigenvalue weighted by molar-refractivity contribution is -0.384. The Morgan fingerprint density at radius 2 is 1.71 bits per heavy atom. The third-order valence-electron chi connectivity index (χ3n) is 2.50. The molecule has 0 radical (unpaired) electrons. The molecule has 2 rings (SSSR count). The molecule has 0 aromatic heterocycles. The van der Waals surface area contributed by atoms with Crippen LogP contribution in [-0.4, -0.2) is 11.2 Å². The van der Waals surface area contributed by atoms with Crippen molar-refractivity contribution in [3.63, 3.8) is 0 Å². The Morgan fingerprint density at radius 1 is 1.06 bits per heavy atom. The minimum absolute atomic E-state index is 0.143. The Hall–Kier alpha value is -1.81. The van der Waals surface area contributed by atoms with Crippen molar-refractivity contribution in [2.75, 3.05) is 6.26 Å². The van der Waals surface area contributed by atoms with Crippen LogP contribution in [-0.2, 0) is 0 Å². The van der Waals surface area contributed by atoms with E-state index in [1.807, 2.05) is 36.6 Å². The van der Waals surface area contributed by atoms with Gasteiger partial charge in [-0.15, -0.1) is 11.8 Å². The molecule has 0 unspecified atom stereocenters.